The summed E-state index contributed by atoms with van der Waals surface area (Å²) in [6.45, 7) is 0.607. The zero-order valence-electron chi connectivity index (χ0n) is 8.57. The maximum Gasteiger partial charge on any atom is 0.154 e. The molecule has 1 radical (unpaired) electrons. The molecule has 0 aliphatic carbocycles. The van der Waals surface area contributed by atoms with E-state index in [-0.39, 0.29) is 0 Å². The van der Waals surface area contributed by atoms with E-state index in [0.717, 1.165) is 16.7 Å². The van der Waals surface area contributed by atoms with Crippen LogP contribution in [0.15, 0.2) is 41.8 Å². The Morgan fingerprint density at radius 2 is 2.12 bits per heavy atom. The van der Waals surface area contributed by atoms with Gasteiger partial charge in [0.1, 0.15) is 12.8 Å². The van der Waals surface area contributed by atoms with Gasteiger partial charge in [0.25, 0.3) is 0 Å². The number of hydrogen-bond acceptors (Lipinski definition) is 2. The van der Waals surface area contributed by atoms with Gasteiger partial charge in [-0.3, -0.25) is 0 Å². The van der Waals surface area contributed by atoms with E-state index in [4.69, 9.17) is 4.74 Å². The van der Waals surface area contributed by atoms with E-state index in [9.17, 15) is 0 Å². The summed E-state index contributed by atoms with van der Waals surface area (Å²) in [6, 6.07) is 12.1. The van der Waals surface area contributed by atoms with Gasteiger partial charge in [0, 0.05) is 15.8 Å². The topological polar surface area (TPSA) is 25.0 Å². The van der Waals surface area contributed by atoms with Crippen LogP contribution in [0.4, 0.5) is 0 Å². The maximum atomic E-state index is 5.73. The van der Waals surface area contributed by atoms with Crippen LogP contribution in [-0.2, 0) is 6.61 Å². The fourth-order valence-electron chi connectivity index (χ4n) is 1.63. The second kappa shape index (κ2) is 4.02. The molecular weight excluding hydrogens is 218 g/mol. The van der Waals surface area contributed by atoms with Crippen molar-refractivity contribution in [2.45, 2.75) is 6.61 Å². The van der Waals surface area contributed by atoms with Crippen LogP contribution in [0.25, 0.3) is 10.9 Å². The number of H-pyrrole nitrogens is 1. The Bertz CT molecular complexity index is 583. The Balaban J connectivity index is 1.84. The van der Waals surface area contributed by atoms with Crippen molar-refractivity contribution in [3.8, 4) is 5.75 Å². The Morgan fingerprint density at radius 1 is 1.19 bits per heavy atom. The molecule has 3 rings (SSSR count). The number of rotatable bonds is 3. The summed E-state index contributed by atoms with van der Waals surface area (Å²) >= 11 is 1.70. The summed E-state index contributed by atoms with van der Waals surface area (Å²) in [5.41, 5.74) is 1.06. The fourth-order valence-corrected chi connectivity index (χ4v) is 2.25. The van der Waals surface area contributed by atoms with Crippen LogP contribution < -0.4 is 4.74 Å². The van der Waals surface area contributed by atoms with Crippen LogP contribution in [0.5, 0.6) is 5.75 Å². The second-order valence-corrected chi connectivity index (χ2v) is 4.52. The first-order valence-electron chi connectivity index (χ1n) is 5.07. The van der Waals surface area contributed by atoms with Gasteiger partial charge in [-0.15, -0.1) is 11.3 Å². The molecule has 0 atom stereocenters. The number of hydrogen-bond donors (Lipinski definition) is 1. The van der Waals surface area contributed by atoms with Crippen molar-refractivity contribution in [3.05, 3.63) is 52.9 Å². The third-order valence-corrected chi connectivity index (χ3v) is 3.27. The van der Waals surface area contributed by atoms with Crippen molar-refractivity contribution in [2.24, 2.45) is 0 Å². The highest BCUT2D eigenvalue weighted by atomic mass is 32.1. The lowest BCUT2D eigenvalue weighted by atomic mass is 10.2. The van der Waals surface area contributed by atoms with E-state index in [0.29, 0.717) is 6.61 Å². The average Bonchev–Trinajstić information content (AvgIpc) is 2.96. The van der Waals surface area contributed by atoms with Crippen molar-refractivity contribution in [2.75, 3.05) is 0 Å². The molecule has 79 valence electrons. The van der Waals surface area contributed by atoms with E-state index >= 15 is 0 Å². The lowest BCUT2D eigenvalue weighted by Gasteiger charge is -2.01. The maximum absolute atomic E-state index is 5.73. The highest BCUT2D eigenvalue weighted by Gasteiger charge is 2.04. The molecule has 1 N–H and O–H groups in total. The zero-order valence-corrected chi connectivity index (χ0v) is 9.38. The number of thiophene rings is 1. The van der Waals surface area contributed by atoms with Crippen LogP contribution in [-0.4, -0.2) is 4.98 Å². The van der Waals surface area contributed by atoms with E-state index < -0.39 is 0 Å². The van der Waals surface area contributed by atoms with Gasteiger partial charge in [-0.2, -0.15) is 0 Å². The highest BCUT2D eigenvalue weighted by molar-refractivity contribution is 7.09. The zero-order chi connectivity index (χ0) is 10.8. The van der Waals surface area contributed by atoms with Gasteiger partial charge in [0.05, 0.1) is 0 Å². The molecule has 0 saturated carbocycles. The molecule has 2 nitrogen and oxygen atoms in total. The van der Waals surface area contributed by atoms with Gasteiger partial charge >= 0.3 is 0 Å². The standard InChI is InChI=1S/C13H10NOS/c1-2-6-12-11(5-1)13(8-14-12)15-9-10-4-3-7-16-10/h1-7,14H,9H2. The Labute approximate surface area is 97.5 Å². The van der Waals surface area contributed by atoms with Gasteiger partial charge in [0.15, 0.2) is 5.75 Å². The van der Waals surface area contributed by atoms with Crippen LogP contribution in [0, 0.1) is 6.20 Å². The van der Waals surface area contributed by atoms with Crippen molar-refractivity contribution >= 4 is 22.2 Å². The molecule has 0 fully saturated rings. The first-order valence-corrected chi connectivity index (χ1v) is 5.95. The predicted octanol–water partition coefficient (Wildman–Crippen LogP) is 3.61. The molecule has 0 aliphatic heterocycles. The monoisotopic (exact) mass is 228 g/mol. The molecule has 1 aromatic carbocycles. The van der Waals surface area contributed by atoms with E-state index in [1.165, 1.54) is 4.88 Å². The Kier molecular flexibility index (Phi) is 2.38. The SMILES string of the molecule is [c]1[nH]c2ccccc2c1OCc1cccs1. The molecule has 3 heteroatoms. The minimum absolute atomic E-state index is 0.607. The fraction of sp³-hybridized carbons (Fsp3) is 0.0769. The minimum Gasteiger partial charge on any atom is -0.485 e. The lowest BCUT2D eigenvalue weighted by molar-refractivity contribution is 0.313. The van der Waals surface area contributed by atoms with Crippen LogP contribution in [0.2, 0.25) is 0 Å². The molecule has 3 aromatic rings. The predicted molar refractivity (Wildman–Crippen MR) is 65.8 cm³/mol. The van der Waals surface area contributed by atoms with Gasteiger partial charge in [-0.25, -0.2) is 0 Å². The summed E-state index contributed by atoms with van der Waals surface area (Å²) in [7, 11) is 0. The van der Waals surface area contributed by atoms with E-state index in [2.05, 4.69) is 22.6 Å². The minimum atomic E-state index is 0.607. The molecule has 2 heterocycles. The van der Waals surface area contributed by atoms with Gasteiger partial charge in [-0.05, 0) is 23.6 Å². The average molecular weight is 228 g/mol. The molecule has 0 saturated heterocycles. The first-order chi connectivity index (χ1) is 7.93. The number of para-hydroxylation sites is 1. The van der Waals surface area contributed by atoms with Crippen LogP contribution in [0.1, 0.15) is 4.88 Å². The number of nitrogens with one attached hydrogen (secondary N) is 1. The normalized spacial score (nSPS) is 10.8. The highest BCUT2D eigenvalue weighted by Crippen LogP contribution is 2.25. The molecule has 0 amide bonds. The molecule has 0 bridgehead atoms. The molecule has 16 heavy (non-hydrogen) atoms. The summed E-state index contributed by atoms with van der Waals surface area (Å²) in [5, 5.41) is 3.14. The summed E-state index contributed by atoms with van der Waals surface area (Å²) in [5.74, 6) is 0.795. The smallest absolute Gasteiger partial charge is 0.154 e. The summed E-state index contributed by atoms with van der Waals surface area (Å²) in [6.07, 6.45) is 3.03. The lowest BCUT2D eigenvalue weighted by Crippen LogP contribution is -1.91. The Hall–Kier alpha value is -1.74. The largest absolute Gasteiger partial charge is 0.485 e. The third kappa shape index (κ3) is 1.70. The first kappa shape index (κ1) is 9.48. The van der Waals surface area contributed by atoms with Crippen molar-refractivity contribution < 1.29 is 4.74 Å². The van der Waals surface area contributed by atoms with Gasteiger partial charge < -0.3 is 9.72 Å². The number of fused-ring (bicyclic) bond motifs is 1. The Morgan fingerprint density at radius 3 is 3.00 bits per heavy atom. The number of benzene rings is 1. The quantitative estimate of drug-likeness (QED) is 0.727. The molecule has 0 unspecified atom stereocenters. The van der Waals surface area contributed by atoms with Crippen molar-refractivity contribution in [1.29, 1.82) is 0 Å². The van der Waals surface area contributed by atoms with E-state index in [1.54, 1.807) is 11.3 Å². The summed E-state index contributed by atoms with van der Waals surface area (Å²) in [4.78, 5) is 4.29. The summed E-state index contributed by atoms with van der Waals surface area (Å²) < 4.78 is 5.73. The van der Waals surface area contributed by atoms with Gasteiger partial charge in [0.2, 0.25) is 0 Å². The van der Waals surface area contributed by atoms with Gasteiger partial charge in [-0.1, -0.05) is 18.2 Å². The van der Waals surface area contributed by atoms with Crippen LogP contribution >= 0.6 is 11.3 Å². The molecule has 0 aliphatic rings. The van der Waals surface area contributed by atoms with E-state index in [1.807, 2.05) is 30.3 Å². The van der Waals surface area contributed by atoms with Crippen molar-refractivity contribution in [3.63, 3.8) is 0 Å². The number of aromatic amines is 1. The van der Waals surface area contributed by atoms with Crippen LogP contribution in [0.3, 0.4) is 0 Å². The molecule has 0 spiro atoms. The number of ether oxygens (including phenoxy) is 1. The second-order valence-electron chi connectivity index (χ2n) is 3.49. The third-order valence-electron chi connectivity index (χ3n) is 2.42. The molecule has 2 aromatic heterocycles. The molecular formula is C13H10NOS. The number of aromatic nitrogens is 1. The van der Waals surface area contributed by atoms with Crippen molar-refractivity contribution in [1.82, 2.24) is 4.98 Å².